The minimum atomic E-state index is 0.855. The Morgan fingerprint density at radius 1 is 1.20 bits per heavy atom. The molecule has 1 saturated carbocycles. The lowest BCUT2D eigenvalue weighted by atomic mass is 10.00. The first-order valence-electron chi connectivity index (χ1n) is 8.51. The molecule has 1 N–H and O–H groups in total. The van der Waals surface area contributed by atoms with Crippen LogP contribution in [0.15, 0.2) is 4.99 Å². The molecule has 2 fully saturated rings. The van der Waals surface area contributed by atoms with E-state index in [2.05, 4.69) is 35.9 Å². The fourth-order valence-electron chi connectivity index (χ4n) is 2.97. The summed E-state index contributed by atoms with van der Waals surface area (Å²) in [6.45, 7) is 13.3. The van der Waals surface area contributed by atoms with Crippen LogP contribution in [0.25, 0.3) is 0 Å². The number of aliphatic imine (C=N–C) groups is 1. The van der Waals surface area contributed by atoms with Gasteiger partial charge >= 0.3 is 0 Å². The van der Waals surface area contributed by atoms with Gasteiger partial charge in [-0.1, -0.05) is 13.8 Å². The summed E-state index contributed by atoms with van der Waals surface area (Å²) in [5, 5.41) is 3.46. The molecule has 0 aromatic rings. The molecule has 4 heteroatoms. The van der Waals surface area contributed by atoms with Gasteiger partial charge in [-0.05, 0) is 45.1 Å². The quantitative estimate of drug-likeness (QED) is 0.597. The van der Waals surface area contributed by atoms with Crippen molar-refractivity contribution in [2.24, 2.45) is 10.9 Å². The van der Waals surface area contributed by atoms with Gasteiger partial charge in [0.05, 0.1) is 6.54 Å². The Morgan fingerprint density at radius 2 is 1.90 bits per heavy atom. The number of guanidine groups is 1. The third-order valence-electron chi connectivity index (χ3n) is 4.54. The molecule has 0 bridgehead atoms. The minimum Gasteiger partial charge on any atom is -0.357 e. The first-order chi connectivity index (χ1) is 9.74. The Morgan fingerprint density at radius 3 is 2.45 bits per heavy atom. The van der Waals surface area contributed by atoms with E-state index in [1.54, 1.807) is 0 Å². The van der Waals surface area contributed by atoms with Crippen molar-refractivity contribution in [3.8, 4) is 0 Å². The molecule has 2 aliphatic rings. The van der Waals surface area contributed by atoms with Crippen LogP contribution in [-0.2, 0) is 0 Å². The van der Waals surface area contributed by atoms with Gasteiger partial charge in [-0.2, -0.15) is 0 Å². The summed E-state index contributed by atoms with van der Waals surface area (Å²) in [7, 11) is 0. The minimum absolute atomic E-state index is 0.855. The molecule has 0 radical (unpaired) electrons. The van der Waals surface area contributed by atoms with Gasteiger partial charge in [0.15, 0.2) is 5.96 Å². The van der Waals surface area contributed by atoms with Crippen molar-refractivity contribution in [3.63, 3.8) is 0 Å². The summed E-state index contributed by atoms with van der Waals surface area (Å²) in [5.41, 5.74) is 0. The second kappa shape index (κ2) is 7.87. The standard InChI is InChI=1S/C16H32N4/c1-4-17-16(20-11-8-14(3)9-12-20)18-10-13-19(5-2)15-6-7-15/h14-15H,4-13H2,1-3H3,(H,17,18). The van der Waals surface area contributed by atoms with Gasteiger partial charge in [0.2, 0.25) is 0 Å². The monoisotopic (exact) mass is 280 g/mol. The summed E-state index contributed by atoms with van der Waals surface area (Å²) in [4.78, 5) is 9.87. The smallest absolute Gasteiger partial charge is 0.193 e. The molecular weight excluding hydrogens is 248 g/mol. The highest BCUT2D eigenvalue weighted by Gasteiger charge is 2.27. The van der Waals surface area contributed by atoms with Crippen LogP contribution in [0.5, 0.6) is 0 Å². The van der Waals surface area contributed by atoms with Gasteiger partial charge in [0.25, 0.3) is 0 Å². The van der Waals surface area contributed by atoms with Crippen LogP contribution in [0.1, 0.15) is 46.5 Å². The number of nitrogens with zero attached hydrogens (tertiary/aromatic N) is 3. The SMILES string of the molecule is CCNC(=NCCN(CC)C1CC1)N1CCC(C)CC1. The van der Waals surface area contributed by atoms with E-state index in [1.807, 2.05) is 0 Å². The number of hydrogen-bond acceptors (Lipinski definition) is 2. The summed E-state index contributed by atoms with van der Waals surface area (Å²) in [6.07, 6.45) is 5.38. The number of hydrogen-bond donors (Lipinski definition) is 1. The van der Waals surface area contributed by atoms with Gasteiger partial charge in [-0.3, -0.25) is 9.89 Å². The van der Waals surface area contributed by atoms with Crippen LogP contribution in [0.2, 0.25) is 0 Å². The molecule has 20 heavy (non-hydrogen) atoms. The van der Waals surface area contributed by atoms with Crippen molar-refractivity contribution in [2.45, 2.75) is 52.5 Å². The Hall–Kier alpha value is -0.770. The van der Waals surface area contributed by atoms with Crippen LogP contribution in [0, 0.1) is 5.92 Å². The largest absolute Gasteiger partial charge is 0.357 e. The molecule has 1 heterocycles. The van der Waals surface area contributed by atoms with E-state index in [9.17, 15) is 0 Å². The van der Waals surface area contributed by atoms with Gasteiger partial charge in [0.1, 0.15) is 0 Å². The number of likely N-dealkylation sites (tertiary alicyclic amines) is 1. The molecule has 0 unspecified atom stereocenters. The molecule has 1 aliphatic carbocycles. The second-order valence-corrected chi connectivity index (χ2v) is 6.26. The highest BCUT2D eigenvalue weighted by atomic mass is 15.3. The summed E-state index contributed by atoms with van der Waals surface area (Å²) >= 11 is 0. The first-order valence-corrected chi connectivity index (χ1v) is 8.51. The van der Waals surface area contributed by atoms with Crippen molar-refractivity contribution < 1.29 is 0 Å². The van der Waals surface area contributed by atoms with Gasteiger partial charge in [-0.15, -0.1) is 0 Å². The third kappa shape index (κ3) is 4.65. The zero-order valence-electron chi connectivity index (χ0n) is 13.6. The third-order valence-corrected chi connectivity index (χ3v) is 4.54. The molecule has 2 rings (SSSR count). The predicted molar refractivity (Wildman–Crippen MR) is 86.2 cm³/mol. The van der Waals surface area contributed by atoms with Crippen molar-refractivity contribution in [1.82, 2.24) is 15.1 Å². The Labute approximate surface area is 124 Å². The van der Waals surface area contributed by atoms with Gasteiger partial charge in [0, 0.05) is 32.2 Å². The molecular formula is C16H32N4. The first kappa shape index (κ1) is 15.6. The van der Waals surface area contributed by atoms with Crippen molar-refractivity contribution in [2.75, 3.05) is 39.3 Å². The van der Waals surface area contributed by atoms with E-state index in [0.717, 1.165) is 57.2 Å². The van der Waals surface area contributed by atoms with Crippen LogP contribution in [-0.4, -0.2) is 61.1 Å². The van der Waals surface area contributed by atoms with Gasteiger partial charge in [-0.25, -0.2) is 0 Å². The van der Waals surface area contributed by atoms with E-state index < -0.39 is 0 Å². The Balaban J connectivity index is 1.81. The van der Waals surface area contributed by atoms with E-state index >= 15 is 0 Å². The van der Waals surface area contributed by atoms with Crippen LogP contribution >= 0.6 is 0 Å². The van der Waals surface area contributed by atoms with E-state index in [0.29, 0.717) is 0 Å². The fraction of sp³-hybridized carbons (Fsp3) is 0.938. The lowest BCUT2D eigenvalue weighted by molar-refractivity contribution is 0.269. The van der Waals surface area contributed by atoms with Gasteiger partial charge < -0.3 is 10.2 Å². The zero-order valence-corrected chi connectivity index (χ0v) is 13.6. The topological polar surface area (TPSA) is 30.9 Å². The van der Waals surface area contributed by atoms with Crippen molar-refractivity contribution in [1.29, 1.82) is 0 Å². The number of likely N-dealkylation sites (N-methyl/N-ethyl adjacent to an activating group) is 1. The summed E-state index contributed by atoms with van der Waals surface area (Å²) < 4.78 is 0. The fourth-order valence-corrected chi connectivity index (χ4v) is 2.97. The molecule has 116 valence electrons. The maximum Gasteiger partial charge on any atom is 0.193 e. The summed E-state index contributed by atoms with van der Waals surface area (Å²) in [5.74, 6) is 2.01. The number of rotatable bonds is 6. The maximum atomic E-state index is 4.85. The van der Waals surface area contributed by atoms with Crippen molar-refractivity contribution in [3.05, 3.63) is 0 Å². The highest BCUT2D eigenvalue weighted by Crippen LogP contribution is 2.26. The number of piperidine rings is 1. The van der Waals surface area contributed by atoms with E-state index in [-0.39, 0.29) is 0 Å². The second-order valence-electron chi connectivity index (χ2n) is 6.26. The molecule has 1 saturated heterocycles. The lowest BCUT2D eigenvalue weighted by Gasteiger charge is -2.33. The van der Waals surface area contributed by atoms with E-state index in [4.69, 9.17) is 4.99 Å². The highest BCUT2D eigenvalue weighted by molar-refractivity contribution is 5.80. The average molecular weight is 280 g/mol. The Kier molecular flexibility index (Phi) is 6.14. The van der Waals surface area contributed by atoms with Crippen LogP contribution < -0.4 is 5.32 Å². The number of nitrogens with one attached hydrogen (secondary N) is 1. The predicted octanol–water partition coefficient (Wildman–Crippen LogP) is 2.17. The summed E-state index contributed by atoms with van der Waals surface area (Å²) in [6, 6.07) is 0.855. The molecule has 0 atom stereocenters. The average Bonchev–Trinajstić information content (AvgIpc) is 3.28. The molecule has 0 aromatic carbocycles. The molecule has 4 nitrogen and oxygen atoms in total. The lowest BCUT2D eigenvalue weighted by Crippen LogP contribution is -2.45. The Bertz CT molecular complexity index is 304. The zero-order chi connectivity index (χ0) is 14.4. The molecule has 0 spiro atoms. The van der Waals surface area contributed by atoms with E-state index in [1.165, 1.54) is 25.7 Å². The molecule has 0 amide bonds. The van der Waals surface area contributed by atoms with Crippen LogP contribution in [0.3, 0.4) is 0 Å². The maximum absolute atomic E-state index is 4.85. The van der Waals surface area contributed by atoms with Crippen molar-refractivity contribution >= 4 is 5.96 Å². The normalized spacial score (nSPS) is 21.6. The molecule has 1 aliphatic heterocycles. The van der Waals surface area contributed by atoms with Crippen LogP contribution in [0.4, 0.5) is 0 Å². The molecule has 0 aromatic heterocycles.